The van der Waals surface area contributed by atoms with Gasteiger partial charge in [0.05, 0.1) is 10.9 Å². The van der Waals surface area contributed by atoms with E-state index in [1.807, 2.05) is 61.2 Å². The van der Waals surface area contributed by atoms with Gasteiger partial charge in [-0.3, -0.25) is 0 Å². The van der Waals surface area contributed by atoms with Crippen LogP contribution in [0.3, 0.4) is 0 Å². The smallest absolute Gasteiger partial charge is 0.0645 e. The summed E-state index contributed by atoms with van der Waals surface area (Å²) in [5, 5.41) is 0. The number of benzene rings is 7. The summed E-state index contributed by atoms with van der Waals surface area (Å²) < 4.78 is 37.7. The molecule has 0 aromatic heterocycles. The third-order valence-corrected chi connectivity index (χ3v) is 13.1. The van der Waals surface area contributed by atoms with Crippen LogP contribution in [-0.2, 0) is 5.41 Å². The molecule has 1 nitrogen and oxygen atoms in total. The van der Waals surface area contributed by atoms with Crippen LogP contribution < -0.4 is 4.90 Å². The van der Waals surface area contributed by atoms with Crippen molar-refractivity contribution in [1.29, 1.82) is 0 Å². The van der Waals surface area contributed by atoms with Gasteiger partial charge in [-0.2, -0.15) is 0 Å². The molecule has 7 aromatic rings. The normalized spacial score (nSPS) is 18.1. The fourth-order valence-corrected chi connectivity index (χ4v) is 9.98. The molecule has 64 heavy (non-hydrogen) atoms. The minimum absolute atomic E-state index is 0.0244. The van der Waals surface area contributed by atoms with Gasteiger partial charge in [0.25, 0.3) is 0 Å². The Bertz CT molecular complexity index is 3130. The summed E-state index contributed by atoms with van der Waals surface area (Å²) in [5.41, 5.74) is 15.3. The fourth-order valence-electron chi connectivity index (χ4n) is 9.98. The van der Waals surface area contributed by atoms with Crippen molar-refractivity contribution in [2.45, 2.75) is 39.0 Å². The zero-order valence-corrected chi connectivity index (χ0v) is 37.0. The lowest BCUT2D eigenvalue weighted by molar-refractivity contribution is 0.453. The van der Waals surface area contributed by atoms with Crippen molar-refractivity contribution in [2.75, 3.05) is 4.90 Å². The van der Waals surface area contributed by atoms with Gasteiger partial charge in [-0.05, 0) is 136 Å². The predicted molar refractivity (Wildman–Crippen MR) is 275 cm³/mol. The summed E-state index contributed by atoms with van der Waals surface area (Å²) in [4.78, 5) is 1.93. The van der Waals surface area contributed by atoms with E-state index in [-0.39, 0.29) is 35.7 Å². The van der Waals surface area contributed by atoms with Crippen LogP contribution in [0.25, 0.3) is 40.5 Å². The quantitative estimate of drug-likeness (QED) is 0.111. The van der Waals surface area contributed by atoms with E-state index < -0.39 is 5.41 Å². The monoisotopic (exact) mass is 829 g/mol. The van der Waals surface area contributed by atoms with E-state index in [2.05, 4.69) is 184 Å². The number of hydrogen-bond acceptors (Lipinski definition) is 1. The van der Waals surface area contributed by atoms with Gasteiger partial charge in [0.1, 0.15) is 0 Å². The van der Waals surface area contributed by atoms with Gasteiger partial charge in [0.15, 0.2) is 0 Å². The minimum atomic E-state index is -0.582. The molecule has 0 N–H and O–H groups in total. The highest BCUT2D eigenvalue weighted by molar-refractivity contribution is 5.76. The Morgan fingerprint density at radius 3 is 1.80 bits per heavy atom. The molecule has 0 bridgehead atoms. The van der Waals surface area contributed by atoms with E-state index in [1.165, 1.54) is 22.3 Å². The number of rotatable bonds is 12. The molecule has 2 aliphatic rings. The molecular formula is C63H55N. The van der Waals surface area contributed by atoms with Crippen LogP contribution in [-0.4, -0.2) is 0 Å². The van der Waals surface area contributed by atoms with E-state index in [0.29, 0.717) is 5.69 Å². The number of nitrogens with zero attached hydrogens (tertiary/aromatic N) is 1. The molecule has 2 unspecified atom stereocenters. The van der Waals surface area contributed by atoms with Crippen LogP contribution in [0, 0.1) is 19.8 Å². The van der Waals surface area contributed by atoms with E-state index in [4.69, 9.17) is 1.37 Å². The molecule has 0 heterocycles. The third kappa shape index (κ3) is 7.69. The number of fused-ring (bicyclic) bond motifs is 3. The molecule has 0 aliphatic heterocycles. The van der Waals surface area contributed by atoms with Crippen molar-refractivity contribution >= 4 is 23.9 Å². The molecule has 7 aromatic carbocycles. The van der Waals surface area contributed by atoms with Gasteiger partial charge in [0.2, 0.25) is 0 Å². The van der Waals surface area contributed by atoms with Gasteiger partial charge < -0.3 is 4.90 Å². The molecule has 0 spiro atoms. The Morgan fingerprint density at radius 2 is 1.19 bits per heavy atom. The summed E-state index contributed by atoms with van der Waals surface area (Å²) >= 11 is 0. The van der Waals surface area contributed by atoms with Gasteiger partial charge >= 0.3 is 0 Å². The maximum absolute atomic E-state index is 9.94. The third-order valence-electron chi connectivity index (χ3n) is 13.1. The minimum Gasteiger partial charge on any atom is -0.311 e. The topological polar surface area (TPSA) is 3.24 Å². The fraction of sp³-hybridized carbons (Fsp3) is 0.111. The molecule has 0 radical (unpaired) electrons. The second-order valence-corrected chi connectivity index (χ2v) is 16.6. The summed E-state index contributed by atoms with van der Waals surface area (Å²) in [6.45, 7) is 9.16. The highest BCUT2D eigenvalue weighted by atomic mass is 15.2. The molecule has 1 heteroatoms. The van der Waals surface area contributed by atoms with E-state index >= 15 is 0 Å². The van der Waals surface area contributed by atoms with Crippen molar-refractivity contribution < 1.29 is 5.48 Å². The van der Waals surface area contributed by atoms with Gasteiger partial charge in [-0.15, -0.1) is 0 Å². The molecule has 0 amide bonds. The molecule has 0 fully saturated rings. The second kappa shape index (κ2) is 18.5. The van der Waals surface area contributed by atoms with Crippen LogP contribution in [0.5, 0.6) is 0 Å². The first-order valence-corrected chi connectivity index (χ1v) is 22.2. The number of hydrogen-bond donors (Lipinski definition) is 0. The number of anilines is 1. The average Bonchev–Trinajstić information content (AvgIpc) is 3.69. The molecular weight excluding hydrogens is 771 g/mol. The first-order chi connectivity index (χ1) is 33.2. The Balaban J connectivity index is 1.25. The van der Waals surface area contributed by atoms with Crippen LogP contribution >= 0.6 is 0 Å². The summed E-state index contributed by atoms with van der Waals surface area (Å²) in [6, 6.07) is 59.0. The Hall–Kier alpha value is -7.48. The molecule has 2 aliphatic carbocycles. The standard InChI is InChI=1S/C63H55N/c1-6-21-51-43-52(58(22-7-2)46(5)45(51)4)25-20-30-55(8-3)64(56-39-37-50(38-40-56)49-35-33-48(34-36-49)47-23-12-9-13-24-47)57-41-42-60-59-31-18-19-32-61(59)63(62(60)44-57,53-26-14-10-15-27-53)54-28-16-11-17-29-54/h6-44,60,62H,3H2,1-2,4-5H3/b21-6-,22-7-,25-20+,55-30+/i3D,8D,20D,30D/b8-3?,21-6-,22-7-,25-20+,55-30+. The summed E-state index contributed by atoms with van der Waals surface area (Å²) in [7, 11) is 0. The first-order valence-electron chi connectivity index (χ1n) is 24.3. The molecule has 0 saturated carbocycles. The van der Waals surface area contributed by atoms with E-state index in [9.17, 15) is 4.11 Å². The van der Waals surface area contributed by atoms with Crippen molar-refractivity contribution in [3.63, 3.8) is 0 Å². The van der Waals surface area contributed by atoms with Crippen LogP contribution in [0.1, 0.15) is 75.3 Å². The average molecular weight is 830 g/mol. The second-order valence-electron chi connectivity index (χ2n) is 16.6. The van der Waals surface area contributed by atoms with Gasteiger partial charge in [-0.1, -0.05) is 207 Å². The van der Waals surface area contributed by atoms with E-state index in [0.717, 1.165) is 62.3 Å². The predicted octanol–water partition coefficient (Wildman–Crippen LogP) is 16.5. The number of allylic oxidation sites excluding steroid dienone is 8. The van der Waals surface area contributed by atoms with Crippen LogP contribution in [0.2, 0.25) is 0 Å². The van der Waals surface area contributed by atoms with Crippen LogP contribution in [0.4, 0.5) is 5.69 Å². The highest BCUT2D eigenvalue weighted by Crippen LogP contribution is 2.60. The lowest BCUT2D eigenvalue weighted by atomic mass is 9.63. The van der Waals surface area contributed by atoms with Crippen molar-refractivity contribution in [3.8, 4) is 22.3 Å². The van der Waals surface area contributed by atoms with E-state index in [1.54, 1.807) is 6.08 Å². The molecule has 9 rings (SSSR count). The maximum atomic E-state index is 9.94. The lowest BCUT2D eigenvalue weighted by Crippen LogP contribution is -2.36. The Morgan fingerprint density at radius 1 is 0.625 bits per heavy atom. The largest absolute Gasteiger partial charge is 0.311 e. The first kappa shape index (κ1) is 37.1. The lowest BCUT2D eigenvalue weighted by Gasteiger charge is -2.40. The zero-order chi connectivity index (χ0) is 47.4. The summed E-state index contributed by atoms with van der Waals surface area (Å²) in [5.74, 6) is -0.0921. The highest BCUT2D eigenvalue weighted by Gasteiger charge is 2.53. The zero-order valence-electron chi connectivity index (χ0n) is 41.0. The SMILES string of the molecule is [2H]C=C([2H])/C(=C([2H])\C([2H])=C\c1cc(/C=C\C)c(C)c(C)c1/C=C\C)N(C1=CC2C(C=C1)c1ccccc1C2(c1ccccc1)c1ccccc1)c1ccc(-c2ccc(-c3ccccc3)cc2)cc1. The molecule has 0 saturated heterocycles. The Labute approximate surface area is 386 Å². The van der Waals surface area contributed by atoms with Crippen molar-refractivity contribution in [2.24, 2.45) is 5.92 Å². The van der Waals surface area contributed by atoms with Gasteiger partial charge in [-0.25, -0.2) is 0 Å². The Kier molecular flexibility index (Phi) is 10.7. The molecule has 2 atom stereocenters. The van der Waals surface area contributed by atoms with Crippen molar-refractivity contribution in [3.05, 3.63) is 286 Å². The van der Waals surface area contributed by atoms with Gasteiger partial charge in [0, 0.05) is 28.9 Å². The van der Waals surface area contributed by atoms with Crippen LogP contribution in [0.15, 0.2) is 236 Å². The van der Waals surface area contributed by atoms with Crippen molar-refractivity contribution in [1.82, 2.24) is 0 Å². The maximum Gasteiger partial charge on any atom is 0.0645 e. The molecule has 312 valence electrons. The summed E-state index contributed by atoms with van der Waals surface area (Å²) in [6.07, 6.45) is 16.6.